The Morgan fingerprint density at radius 3 is 2.53 bits per heavy atom. The van der Waals surface area contributed by atoms with Crippen molar-refractivity contribution in [1.82, 2.24) is 19.3 Å². The molecule has 0 unspecified atom stereocenters. The van der Waals surface area contributed by atoms with E-state index in [-0.39, 0.29) is 33.7 Å². The number of carbonyl (C=O) groups excluding carboxylic acids is 1. The number of hydrogen-bond acceptors (Lipinski definition) is 7. The van der Waals surface area contributed by atoms with Gasteiger partial charge < -0.3 is 4.57 Å². The molecule has 2 heterocycles. The molecule has 3 rings (SSSR count). The Balaban J connectivity index is 1.98. The molecule has 0 atom stereocenters. The van der Waals surface area contributed by atoms with Gasteiger partial charge in [-0.15, -0.1) is 0 Å². The van der Waals surface area contributed by atoms with Crippen molar-refractivity contribution in [2.45, 2.75) is 46.1 Å². The highest BCUT2D eigenvalue weighted by atomic mass is 35.5. The molecule has 2 aromatic heterocycles. The number of benzene rings is 1. The largest absolute Gasteiger partial charge is 0.308 e. The minimum Gasteiger partial charge on any atom is -0.308 e. The van der Waals surface area contributed by atoms with E-state index in [1.54, 1.807) is 10.6 Å². The maximum Gasteiger partial charge on any atom is 0.288 e. The molecule has 0 fully saturated rings. The summed E-state index contributed by atoms with van der Waals surface area (Å²) in [7, 11) is -3.79. The Kier molecular flexibility index (Phi) is 8.11. The average molecular weight is 528 g/mol. The second-order valence-corrected chi connectivity index (χ2v) is 10.3. The molecule has 182 valence electrons. The van der Waals surface area contributed by atoms with Crippen molar-refractivity contribution in [1.29, 1.82) is 0 Å². The minimum atomic E-state index is -3.79. The van der Waals surface area contributed by atoms with Gasteiger partial charge in [-0.3, -0.25) is 14.9 Å². The maximum absolute atomic E-state index is 12.6. The normalized spacial score (nSPS) is 11.6. The summed E-state index contributed by atoms with van der Waals surface area (Å²) < 4.78 is 28.1. The van der Waals surface area contributed by atoms with Crippen molar-refractivity contribution >= 4 is 56.0 Å². The van der Waals surface area contributed by atoms with E-state index in [2.05, 4.69) is 14.7 Å². The molecule has 0 saturated carbocycles. The fraction of sp³-hybridized carbons (Fsp3) is 0.381. The Morgan fingerprint density at radius 1 is 1.15 bits per heavy atom. The Labute approximate surface area is 206 Å². The Morgan fingerprint density at radius 2 is 1.88 bits per heavy atom. The molecule has 0 bridgehead atoms. The minimum absolute atomic E-state index is 0.0813. The molecule has 13 heteroatoms. The highest BCUT2D eigenvalue weighted by Gasteiger charge is 2.21. The zero-order valence-corrected chi connectivity index (χ0v) is 20.9. The Hall–Kier alpha value is -2.76. The molecule has 0 saturated heterocycles. The molecule has 0 aliphatic carbocycles. The zero-order chi connectivity index (χ0) is 25.0. The van der Waals surface area contributed by atoms with Crippen molar-refractivity contribution in [2.24, 2.45) is 0 Å². The highest BCUT2D eigenvalue weighted by molar-refractivity contribution is 7.90. The van der Waals surface area contributed by atoms with Crippen LogP contribution in [0.5, 0.6) is 0 Å². The fourth-order valence-corrected chi connectivity index (χ4v) is 5.00. The number of nitro benzene ring substituents is 1. The van der Waals surface area contributed by atoms with E-state index >= 15 is 0 Å². The van der Waals surface area contributed by atoms with Gasteiger partial charge in [0.25, 0.3) is 11.6 Å². The number of nitrogens with one attached hydrogen (secondary N) is 1. The Bertz CT molecular complexity index is 1360. The second kappa shape index (κ2) is 10.7. The first kappa shape index (κ1) is 25.9. The van der Waals surface area contributed by atoms with Crippen molar-refractivity contribution in [2.75, 3.05) is 5.75 Å². The van der Waals surface area contributed by atoms with Crippen LogP contribution in [0.2, 0.25) is 10.0 Å². The molecular formula is C21H23Cl2N5O5S. The molecule has 0 aliphatic heterocycles. The number of nitrogens with zero attached hydrogens (tertiary/aromatic N) is 4. The lowest BCUT2D eigenvalue weighted by molar-refractivity contribution is -0.384. The number of aromatic nitrogens is 3. The second-order valence-electron chi connectivity index (χ2n) is 7.62. The van der Waals surface area contributed by atoms with Gasteiger partial charge in [0.05, 0.1) is 17.2 Å². The van der Waals surface area contributed by atoms with Gasteiger partial charge in [0.15, 0.2) is 5.65 Å². The predicted octanol–water partition coefficient (Wildman–Crippen LogP) is 4.51. The van der Waals surface area contributed by atoms with Gasteiger partial charge >= 0.3 is 0 Å². The van der Waals surface area contributed by atoms with Gasteiger partial charge in [-0.2, -0.15) is 0 Å². The van der Waals surface area contributed by atoms with Crippen LogP contribution in [-0.2, 0) is 23.0 Å². The van der Waals surface area contributed by atoms with E-state index in [4.69, 9.17) is 23.2 Å². The van der Waals surface area contributed by atoms with E-state index in [1.165, 1.54) is 18.2 Å². The number of unbranched alkanes of at least 4 members (excludes halogenated alkanes) is 2. The van der Waals surface area contributed by atoms with Crippen LogP contribution < -0.4 is 4.72 Å². The number of aryl methyl sites for hydroxylation is 1. The average Bonchev–Trinajstić information content (AvgIpc) is 3.11. The molecular weight excluding hydrogens is 505 g/mol. The molecule has 0 spiro atoms. The van der Waals surface area contributed by atoms with Gasteiger partial charge in [-0.05, 0) is 30.2 Å². The summed E-state index contributed by atoms with van der Waals surface area (Å²) in [6.07, 6.45) is 2.55. The zero-order valence-electron chi connectivity index (χ0n) is 18.5. The first-order chi connectivity index (χ1) is 16.1. The summed E-state index contributed by atoms with van der Waals surface area (Å²) in [6, 6.07) is 5.56. The molecule has 1 amide bonds. The third-order valence-corrected chi connectivity index (χ3v) is 7.10. The van der Waals surface area contributed by atoms with E-state index < -0.39 is 20.9 Å². The number of pyridine rings is 1. The van der Waals surface area contributed by atoms with E-state index in [9.17, 15) is 23.3 Å². The van der Waals surface area contributed by atoms with Crippen molar-refractivity contribution < 1.29 is 18.1 Å². The number of halogens is 2. The van der Waals surface area contributed by atoms with Crippen LogP contribution in [0, 0.1) is 10.1 Å². The molecule has 0 radical (unpaired) electrons. The lowest BCUT2D eigenvalue weighted by Crippen LogP contribution is -2.33. The summed E-state index contributed by atoms with van der Waals surface area (Å²) in [5.74, 6) is -0.383. The van der Waals surface area contributed by atoms with Gasteiger partial charge in [0.2, 0.25) is 10.0 Å². The first-order valence-electron chi connectivity index (χ1n) is 10.6. The predicted molar refractivity (Wildman–Crippen MR) is 130 cm³/mol. The summed E-state index contributed by atoms with van der Waals surface area (Å²) in [5.41, 5.74) is 0.843. The fourth-order valence-electron chi connectivity index (χ4n) is 3.41. The summed E-state index contributed by atoms with van der Waals surface area (Å²) in [6.45, 7) is 3.91. The SMILES string of the molecule is CCCCCS(=O)(=O)NC(=O)c1ccc2nc(CC)n(Cc3cc([N+](=O)[O-])c(Cl)cc3Cl)c2n1. The number of nitro groups is 1. The van der Waals surface area contributed by atoms with Crippen molar-refractivity contribution in [3.8, 4) is 0 Å². The van der Waals surface area contributed by atoms with E-state index in [0.717, 1.165) is 12.8 Å². The van der Waals surface area contributed by atoms with Crippen LogP contribution in [0.1, 0.15) is 55.0 Å². The van der Waals surface area contributed by atoms with Crippen LogP contribution in [-0.4, -0.2) is 39.5 Å². The smallest absolute Gasteiger partial charge is 0.288 e. The van der Waals surface area contributed by atoms with Crippen LogP contribution in [0.15, 0.2) is 24.3 Å². The lowest BCUT2D eigenvalue weighted by atomic mass is 10.2. The quantitative estimate of drug-likeness (QED) is 0.232. The number of hydrogen-bond donors (Lipinski definition) is 1. The molecule has 1 aromatic carbocycles. The number of amides is 1. The topological polar surface area (TPSA) is 137 Å². The third kappa shape index (κ3) is 5.83. The number of sulfonamides is 1. The van der Waals surface area contributed by atoms with Gasteiger partial charge in [0, 0.05) is 17.5 Å². The molecule has 34 heavy (non-hydrogen) atoms. The monoisotopic (exact) mass is 527 g/mol. The number of fused-ring (bicyclic) bond motifs is 1. The van der Waals surface area contributed by atoms with Crippen LogP contribution in [0.3, 0.4) is 0 Å². The van der Waals surface area contributed by atoms with E-state index in [0.29, 0.717) is 35.4 Å². The van der Waals surface area contributed by atoms with Crippen LogP contribution >= 0.6 is 23.2 Å². The van der Waals surface area contributed by atoms with Crippen LogP contribution in [0.25, 0.3) is 11.2 Å². The van der Waals surface area contributed by atoms with Crippen LogP contribution in [0.4, 0.5) is 5.69 Å². The third-order valence-electron chi connectivity index (χ3n) is 5.13. The van der Waals surface area contributed by atoms with Gasteiger partial charge in [-0.25, -0.2) is 23.1 Å². The van der Waals surface area contributed by atoms with E-state index in [1.807, 2.05) is 13.8 Å². The maximum atomic E-state index is 12.6. The summed E-state index contributed by atoms with van der Waals surface area (Å²) in [4.78, 5) is 32.1. The number of rotatable bonds is 10. The number of imidazole rings is 1. The number of carbonyl (C=O) groups is 1. The van der Waals surface area contributed by atoms with Gasteiger partial charge in [-0.1, -0.05) is 49.9 Å². The van der Waals surface area contributed by atoms with Crippen molar-refractivity contribution in [3.05, 3.63) is 61.5 Å². The summed E-state index contributed by atoms with van der Waals surface area (Å²) in [5, 5.41) is 11.4. The molecule has 10 nitrogen and oxygen atoms in total. The lowest BCUT2D eigenvalue weighted by Gasteiger charge is -2.11. The highest BCUT2D eigenvalue weighted by Crippen LogP contribution is 2.32. The standard InChI is InChI=1S/C21H23Cl2N5O5S/c1-3-5-6-9-34(32,33)26-21(29)17-8-7-16-20(25-17)27(19(4-2)24-16)12-13-10-18(28(30)31)15(23)11-14(13)22/h7-8,10-11H,3-6,9,12H2,1-2H3,(H,26,29). The van der Waals surface area contributed by atoms with Gasteiger partial charge in [0.1, 0.15) is 22.1 Å². The molecule has 3 aromatic rings. The molecule has 0 aliphatic rings. The summed E-state index contributed by atoms with van der Waals surface area (Å²) >= 11 is 12.2. The van der Waals surface area contributed by atoms with Crippen molar-refractivity contribution in [3.63, 3.8) is 0 Å². The first-order valence-corrected chi connectivity index (χ1v) is 13.0. The molecule has 1 N–H and O–H groups in total.